The molecule has 2 N–H and O–H groups in total. The highest BCUT2D eigenvalue weighted by Gasteiger charge is 2.42. The lowest BCUT2D eigenvalue weighted by molar-refractivity contribution is -0.179. The number of hydrogen-bond acceptors (Lipinski definition) is 3. The van der Waals surface area contributed by atoms with Crippen molar-refractivity contribution < 1.29 is 22.4 Å². The Labute approximate surface area is 146 Å². The van der Waals surface area contributed by atoms with Gasteiger partial charge >= 0.3 is 12.2 Å². The first-order chi connectivity index (χ1) is 12.3. The highest BCUT2D eigenvalue weighted by molar-refractivity contribution is 5.73. The second kappa shape index (κ2) is 7.30. The van der Waals surface area contributed by atoms with E-state index in [2.05, 4.69) is 20.8 Å². The highest BCUT2D eigenvalue weighted by Crippen LogP contribution is 2.34. The molecule has 140 valence electrons. The minimum atomic E-state index is -4.24. The van der Waals surface area contributed by atoms with E-state index in [0.29, 0.717) is 11.4 Å². The molecule has 10 heteroatoms. The Balaban J connectivity index is 1.51. The molecular formula is C16H17F4N5O. The van der Waals surface area contributed by atoms with Gasteiger partial charge in [0.15, 0.2) is 5.82 Å². The molecule has 2 amide bonds. The number of nitrogens with one attached hydrogen (secondary N) is 2. The zero-order valence-electron chi connectivity index (χ0n) is 13.7. The van der Waals surface area contributed by atoms with E-state index in [1.165, 1.54) is 12.1 Å². The largest absolute Gasteiger partial charge is 0.392 e. The van der Waals surface area contributed by atoms with Crippen molar-refractivity contribution in [3.8, 4) is 0 Å². The number of amides is 2. The average Bonchev–Trinajstić information content (AvgIpc) is 3.00. The summed E-state index contributed by atoms with van der Waals surface area (Å²) < 4.78 is 53.1. The normalized spacial score (nSPS) is 16.8. The van der Waals surface area contributed by atoms with Gasteiger partial charge in [0, 0.05) is 19.5 Å². The molecular weight excluding hydrogens is 354 g/mol. The Hall–Kier alpha value is -2.65. The lowest BCUT2D eigenvalue weighted by atomic mass is 9.97. The first kappa shape index (κ1) is 18.2. The number of benzene rings is 1. The molecule has 2 heterocycles. The van der Waals surface area contributed by atoms with Gasteiger partial charge in [0.2, 0.25) is 0 Å². The summed E-state index contributed by atoms with van der Waals surface area (Å²) in [6.07, 6.45) is -4.48. The van der Waals surface area contributed by atoms with Crippen molar-refractivity contribution in [2.75, 3.05) is 0 Å². The van der Waals surface area contributed by atoms with E-state index >= 15 is 0 Å². The summed E-state index contributed by atoms with van der Waals surface area (Å²) in [5.74, 6) is -1.12. The highest BCUT2D eigenvalue weighted by atomic mass is 19.4. The van der Waals surface area contributed by atoms with Crippen molar-refractivity contribution in [2.45, 2.75) is 38.7 Å². The van der Waals surface area contributed by atoms with Crippen LogP contribution < -0.4 is 10.6 Å². The van der Waals surface area contributed by atoms with E-state index in [1.54, 1.807) is 16.7 Å². The molecule has 1 atom stereocenters. The van der Waals surface area contributed by atoms with Crippen LogP contribution in [0, 0.1) is 11.7 Å². The van der Waals surface area contributed by atoms with Crippen molar-refractivity contribution in [3.63, 3.8) is 0 Å². The van der Waals surface area contributed by atoms with Crippen LogP contribution in [0.15, 0.2) is 24.3 Å². The van der Waals surface area contributed by atoms with Gasteiger partial charge in [-0.2, -0.15) is 13.2 Å². The maximum Gasteiger partial charge on any atom is 0.392 e. The molecule has 0 fully saturated rings. The third-order valence-corrected chi connectivity index (χ3v) is 4.25. The number of carbonyl (C=O) groups excluding carboxylic acids is 1. The Bertz CT molecular complexity index is 789. The second-order valence-electron chi connectivity index (χ2n) is 6.08. The molecule has 0 saturated carbocycles. The number of carbonyl (C=O) groups is 1. The molecule has 2 aromatic rings. The number of rotatable bonds is 4. The molecule has 0 unspecified atom stereocenters. The molecule has 6 nitrogen and oxygen atoms in total. The number of urea groups is 1. The van der Waals surface area contributed by atoms with Crippen LogP contribution in [0.2, 0.25) is 0 Å². The summed E-state index contributed by atoms with van der Waals surface area (Å²) in [6, 6.07) is 5.35. The Morgan fingerprint density at radius 2 is 2.00 bits per heavy atom. The summed E-state index contributed by atoms with van der Waals surface area (Å²) in [6.45, 7) is 0.349. The second-order valence-corrected chi connectivity index (χ2v) is 6.08. The van der Waals surface area contributed by atoms with Crippen molar-refractivity contribution in [1.82, 2.24) is 25.4 Å². The van der Waals surface area contributed by atoms with Gasteiger partial charge in [0.1, 0.15) is 11.6 Å². The fraction of sp³-hybridized carbons (Fsp3) is 0.438. The Morgan fingerprint density at radius 1 is 1.23 bits per heavy atom. The third kappa shape index (κ3) is 4.30. The third-order valence-electron chi connectivity index (χ3n) is 4.25. The number of aromatic nitrogens is 3. The molecule has 0 spiro atoms. The molecule has 1 aliphatic rings. The van der Waals surface area contributed by atoms with Crippen molar-refractivity contribution in [2.24, 2.45) is 5.92 Å². The first-order valence-electron chi connectivity index (χ1n) is 8.07. The van der Waals surface area contributed by atoms with Gasteiger partial charge in [-0.1, -0.05) is 12.1 Å². The van der Waals surface area contributed by atoms with E-state index in [4.69, 9.17) is 0 Å². The fourth-order valence-electron chi connectivity index (χ4n) is 2.85. The summed E-state index contributed by atoms with van der Waals surface area (Å²) >= 11 is 0. The van der Waals surface area contributed by atoms with Gasteiger partial charge in [-0.3, -0.25) is 0 Å². The predicted molar refractivity (Wildman–Crippen MR) is 83.4 cm³/mol. The number of alkyl halides is 3. The lowest BCUT2D eigenvalue weighted by Crippen LogP contribution is -2.36. The van der Waals surface area contributed by atoms with E-state index in [9.17, 15) is 22.4 Å². The van der Waals surface area contributed by atoms with Crippen LogP contribution in [-0.4, -0.2) is 27.0 Å². The molecule has 0 radical (unpaired) electrons. The van der Waals surface area contributed by atoms with Crippen molar-refractivity contribution in [1.29, 1.82) is 0 Å². The van der Waals surface area contributed by atoms with Crippen LogP contribution in [0.3, 0.4) is 0 Å². The molecule has 0 bridgehead atoms. The summed E-state index contributed by atoms with van der Waals surface area (Å²) in [5.41, 5.74) is 0.609. The van der Waals surface area contributed by atoms with Gasteiger partial charge < -0.3 is 15.2 Å². The maximum atomic E-state index is 13.1. The molecule has 0 saturated heterocycles. The van der Waals surface area contributed by atoms with E-state index in [-0.39, 0.29) is 38.3 Å². The van der Waals surface area contributed by atoms with Crippen LogP contribution in [0.5, 0.6) is 0 Å². The minimum absolute atomic E-state index is 0.0344. The van der Waals surface area contributed by atoms with Gasteiger partial charge in [0.25, 0.3) is 0 Å². The minimum Gasteiger partial charge on any atom is -0.334 e. The fourth-order valence-corrected chi connectivity index (χ4v) is 2.85. The molecule has 1 aromatic heterocycles. The zero-order chi connectivity index (χ0) is 18.7. The molecule has 1 aliphatic heterocycles. The van der Waals surface area contributed by atoms with Gasteiger partial charge in [-0.05, 0) is 24.1 Å². The standard InChI is InChI=1S/C16H17F4N5O/c17-12-3-1-2-10(6-12)8-21-15(26)22-9-14-24-23-13-7-11(16(18,19)20)4-5-25(13)14/h1-3,6,11H,4-5,7-9H2,(H2,21,22,26)/t11-/m0/s1. The quantitative estimate of drug-likeness (QED) is 0.812. The van der Waals surface area contributed by atoms with Crippen LogP contribution >= 0.6 is 0 Å². The van der Waals surface area contributed by atoms with E-state index < -0.39 is 23.9 Å². The van der Waals surface area contributed by atoms with Gasteiger partial charge in [-0.25, -0.2) is 9.18 Å². The monoisotopic (exact) mass is 371 g/mol. The zero-order valence-corrected chi connectivity index (χ0v) is 13.7. The number of hydrogen-bond donors (Lipinski definition) is 2. The topological polar surface area (TPSA) is 71.8 Å². The van der Waals surface area contributed by atoms with Crippen LogP contribution in [0.1, 0.15) is 23.6 Å². The molecule has 1 aromatic carbocycles. The predicted octanol–water partition coefficient (Wildman–Crippen LogP) is 2.54. The van der Waals surface area contributed by atoms with Crippen molar-refractivity contribution in [3.05, 3.63) is 47.3 Å². The van der Waals surface area contributed by atoms with Crippen LogP contribution in [0.4, 0.5) is 22.4 Å². The number of fused-ring (bicyclic) bond motifs is 1. The lowest BCUT2D eigenvalue weighted by Gasteiger charge is -2.25. The molecule has 3 rings (SSSR count). The average molecular weight is 371 g/mol. The first-order valence-corrected chi connectivity index (χ1v) is 8.07. The summed E-state index contributed by atoms with van der Waals surface area (Å²) in [5, 5.41) is 12.8. The van der Waals surface area contributed by atoms with E-state index in [0.717, 1.165) is 0 Å². The van der Waals surface area contributed by atoms with Crippen LogP contribution in [0.25, 0.3) is 0 Å². The maximum absolute atomic E-state index is 13.1. The van der Waals surface area contributed by atoms with Gasteiger partial charge in [-0.15, -0.1) is 10.2 Å². The molecule has 26 heavy (non-hydrogen) atoms. The Kier molecular flexibility index (Phi) is 5.10. The number of nitrogens with zero attached hydrogens (tertiary/aromatic N) is 3. The summed E-state index contributed by atoms with van der Waals surface area (Å²) in [7, 11) is 0. The number of halogens is 4. The van der Waals surface area contributed by atoms with Gasteiger partial charge in [0.05, 0.1) is 12.5 Å². The SMILES string of the molecule is O=C(NCc1cccc(F)c1)NCc1nnc2n1CC[C@H](C(F)(F)F)C2. The summed E-state index contributed by atoms with van der Waals surface area (Å²) in [4.78, 5) is 11.8. The smallest absolute Gasteiger partial charge is 0.334 e. The Morgan fingerprint density at radius 3 is 2.73 bits per heavy atom. The molecule has 0 aliphatic carbocycles. The van der Waals surface area contributed by atoms with E-state index in [1.807, 2.05) is 0 Å². The van der Waals surface area contributed by atoms with Crippen LogP contribution in [-0.2, 0) is 26.1 Å². The van der Waals surface area contributed by atoms with Crippen molar-refractivity contribution >= 4 is 6.03 Å².